The zero-order valence-corrected chi connectivity index (χ0v) is 17.9. The first kappa shape index (κ1) is 20.9. The van der Waals surface area contributed by atoms with E-state index in [1.54, 1.807) is 22.8 Å². The maximum absolute atomic E-state index is 13.2. The van der Waals surface area contributed by atoms with Crippen molar-refractivity contribution < 1.29 is 9.53 Å². The van der Waals surface area contributed by atoms with Crippen LogP contribution in [0.25, 0.3) is 10.9 Å². The van der Waals surface area contributed by atoms with Crippen LogP contribution in [0.2, 0.25) is 5.02 Å². The van der Waals surface area contributed by atoms with E-state index in [9.17, 15) is 9.59 Å². The van der Waals surface area contributed by atoms with Crippen LogP contribution in [-0.4, -0.2) is 40.5 Å². The van der Waals surface area contributed by atoms with Crippen LogP contribution in [0.5, 0.6) is 0 Å². The van der Waals surface area contributed by atoms with Gasteiger partial charge in [-0.15, -0.1) is 0 Å². The van der Waals surface area contributed by atoms with Crippen molar-refractivity contribution in [1.29, 1.82) is 0 Å². The summed E-state index contributed by atoms with van der Waals surface area (Å²) in [6, 6.07) is 14.8. The Bertz CT molecular complexity index is 1100. The van der Waals surface area contributed by atoms with Gasteiger partial charge in [0.25, 0.3) is 5.56 Å². The zero-order valence-electron chi connectivity index (χ0n) is 16.3. The minimum atomic E-state index is -0.150. The fourth-order valence-corrected chi connectivity index (χ4v) is 4.40. The minimum absolute atomic E-state index is 0.0937. The highest BCUT2D eigenvalue weighted by Crippen LogP contribution is 2.21. The van der Waals surface area contributed by atoms with Crippen LogP contribution < -0.4 is 10.9 Å². The molecule has 1 atom stereocenters. The molecule has 8 heteroatoms. The lowest BCUT2D eigenvalue weighted by Crippen LogP contribution is -2.33. The molecule has 1 aliphatic rings. The summed E-state index contributed by atoms with van der Waals surface area (Å²) in [4.78, 5) is 30.1. The second-order valence-electron chi connectivity index (χ2n) is 7.16. The summed E-state index contributed by atoms with van der Waals surface area (Å²) in [5, 5.41) is 4.41. The third-order valence-corrected chi connectivity index (χ3v) is 6.16. The first-order chi connectivity index (χ1) is 14.6. The number of carbonyl (C=O) groups is 1. The Labute approximate surface area is 183 Å². The van der Waals surface area contributed by atoms with E-state index in [0.717, 1.165) is 25.0 Å². The normalized spacial score (nSPS) is 16.1. The molecule has 1 aliphatic heterocycles. The molecule has 0 unspecified atom stereocenters. The number of fused-ring (bicyclic) bond motifs is 1. The minimum Gasteiger partial charge on any atom is -0.376 e. The van der Waals surface area contributed by atoms with E-state index in [2.05, 4.69) is 10.3 Å². The average Bonchev–Trinajstić information content (AvgIpc) is 3.27. The summed E-state index contributed by atoms with van der Waals surface area (Å²) < 4.78 is 7.15. The summed E-state index contributed by atoms with van der Waals surface area (Å²) in [5.41, 5.74) is 1.36. The van der Waals surface area contributed by atoms with Crippen molar-refractivity contribution >= 4 is 40.2 Å². The topological polar surface area (TPSA) is 73.2 Å². The standard InChI is InChI=1S/C22H22ClN3O3S/c23-16-8-9-18-19(11-16)25-22(26(21(18)28)13-15-5-2-1-3-6-15)30-14-20(27)24-12-17-7-4-10-29-17/h1-3,5-6,8-9,11,17H,4,7,10,12-14H2,(H,24,27)/t17-/m1/s1. The number of thioether (sulfide) groups is 1. The Morgan fingerprint density at radius 2 is 2.10 bits per heavy atom. The number of amides is 1. The number of aromatic nitrogens is 2. The zero-order chi connectivity index (χ0) is 20.9. The van der Waals surface area contributed by atoms with E-state index in [1.807, 2.05) is 30.3 Å². The maximum Gasteiger partial charge on any atom is 0.262 e. The number of hydrogen-bond donors (Lipinski definition) is 1. The molecule has 2 aromatic carbocycles. The molecule has 1 aromatic heterocycles. The van der Waals surface area contributed by atoms with Gasteiger partial charge in [-0.2, -0.15) is 0 Å². The maximum atomic E-state index is 13.2. The molecule has 0 saturated carbocycles. The summed E-state index contributed by atoms with van der Waals surface area (Å²) in [7, 11) is 0. The number of benzene rings is 2. The third kappa shape index (κ3) is 5.03. The summed E-state index contributed by atoms with van der Waals surface area (Å²) in [6.45, 7) is 1.65. The van der Waals surface area contributed by atoms with Gasteiger partial charge in [0.1, 0.15) is 0 Å². The molecule has 156 valence electrons. The molecular weight excluding hydrogens is 422 g/mol. The van der Waals surface area contributed by atoms with E-state index in [0.29, 0.717) is 34.2 Å². The molecular formula is C22H22ClN3O3S. The van der Waals surface area contributed by atoms with Crippen LogP contribution in [0.15, 0.2) is 58.5 Å². The Hall–Kier alpha value is -2.35. The molecule has 0 radical (unpaired) electrons. The fraction of sp³-hybridized carbons (Fsp3) is 0.318. The van der Waals surface area contributed by atoms with Crippen LogP contribution in [0.4, 0.5) is 0 Å². The first-order valence-electron chi connectivity index (χ1n) is 9.85. The Kier molecular flexibility index (Phi) is 6.72. The van der Waals surface area contributed by atoms with Crippen molar-refractivity contribution in [3.63, 3.8) is 0 Å². The van der Waals surface area contributed by atoms with Gasteiger partial charge in [0.05, 0.1) is 29.3 Å². The Morgan fingerprint density at radius 3 is 2.87 bits per heavy atom. The molecule has 3 aromatic rings. The van der Waals surface area contributed by atoms with Crippen molar-refractivity contribution in [2.75, 3.05) is 18.9 Å². The van der Waals surface area contributed by atoms with E-state index in [-0.39, 0.29) is 23.3 Å². The van der Waals surface area contributed by atoms with Crippen molar-refractivity contribution in [3.8, 4) is 0 Å². The lowest BCUT2D eigenvalue weighted by Gasteiger charge is -2.14. The van der Waals surface area contributed by atoms with Gasteiger partial charge in [-0.1, -0.05) is 53.7 Å². The second-order valence-corrected chi connectivity index (χ2v) is 8.54. The smallest absolute Gasteiger partial charge is 0.262 e. The second kappa shape index (κ2) is 9.64. The van der Waals surface area contributed by atoms with Gasteiger partial charge in [0.2, 0.25) is 5.91 Å². The summed E-state index contributed by atoms with van der Waals surface area (Å²) in [6.07, 6.45) is 2.10. The molecule has 0 aliphatic carbocycles. The molecule has 4 rings (SSSR count). The van der Waals surface area contributed by atoms with Crippen LogP contribution in [0.1, 0.15) is 18.4 Å². The predicted molar refractivity (Wildman–Crippen MR) is 119 cm³/mol. The van der Waals surface area contributed by atoms with E-state index in [4.69, 9.17) is 16.3 Å². The number of carbonyl (C=O) groups excluding carboxylic acids is 1. The van der Waals surface area contributed by atoms with Crippen LogP contribution >= 0.6 is 23.4 Å². The molecule has 1 amide bonds. The number of halogens is 1. The van der Waals surface area contributed by atoms with Crippen molar-refractivity contribution in [1.82, 2.24) is 14.9 Å². The Morgan fingerprint density at radius 1 is 1.27 bits per heavy atom. The van der Waals surface area contributed by atoms with Crippen LogP contribution in [0.3, 0.4) is 0 Å². The van der Waals surface area contributed by atoms with Gasteiger partial charge in [0, 0.05) is 18.2 Å². The molecule has 1 N–H and O–H groups in total. The fourth-order valence-electron chi connectivity index (χ4n) is 3.40. The number of ether oxygens (including phenoxy) is 1. The number of nitrogens with one attached hydrogen (secondary N) is 1. The monoisotopic (exact) mass is 443 g/mol. The van der Waals surface area contributed by atoms with Gasteiger partial charge in [-0.3, -0.25) is 14.2 Å². The summed E-state index contributed by atoms with van der Waals surface area (Å²) >= 11 is 7.34. The lowest BCUT2D eigenvalue weighted by molar-refractivity contribution is -0.119. The van der Waals surface area contributed by atoms with Gasteiger partial charge in [-0.05, 0) is 36.6 Å². The average molecular weight is 444 g/mol. The van der Waals surface area contributed by atoms with Gasteiger partial charge < -0.3 is 10.1 Å². The molecule has 2 heterocycles. The van der Waals surface area contributed by atoms with Gasteiger partial charge in [0.15, 0.2) is 5.16 Å². The highest BCUT2D eigenvalue weighted by Gasteiger charge is 2.17. The predicted octanol–water partition coefficient (Wildman–Crippen LogP) is 3.49. The van der Waals surface area contributed by atoms with Crippen molar-refractivity contribution in [2.45, 2.75) is 30.6 Å². The summed E-state index contributed by atoms with van der Waals surface area (Å²) in [5.74, 6) is 0.0576. The van der Waals surface area contributed by atoms with E-state index >= 15 is 0 Å². The molecule has 0 bridgehead atoms. The third-order valence-electron chi connectivity index (χ3n) is 4.95. The SMILES string of the molecule is O=C(CSc1nc2cc(Cl)ccc2c(=O)n1Cc1ccccc1)NC[C@H]1CCCO1. The van der Waals surface area contributed by atoms with Crippen LogP contribution in [0, 0.1) is 0 Å². The van der Waals surface area contributed by atoms with Gasteiger partial charge in [-0.25, -0.2) is 4.98 Å². The van der Waals surface area contributed by atoms with E-state index in [1.165, 1.54) is 11.8 Å². The first-order valence-corrected chi connectivity index (χ1v) is 11.2. The number of rotatable bonds is 7. The Balaban J connectivity index is 1.57. The number of nitrogens with zero attached hydrogens (tertiary/aromatic N) is 2. The van der Waals surface area contributed by atoms with Crippen molar-refractivity contribution in [2.24, 2.45) is 0 Å². The quantitative estimate of drug-likeness (QED) is 0.447. The van der Waals surface area contributed by atoms with Crippen LogP contribution in [-0.2, 0) is 16.1 Å². The lowest BCUT2D eigenvalue weighted by atomic mass is 10.2. The number of hydrogen-bond acceptors (Lipinski definition) is 5. The van der Waals surface area contributed by atoms with Crippen molar-refractivity contribution in [3.05, 3.63) is 69.5 Å². The molecule has 6 nitrogen and oxygen atoms in total. The molecule has 1 saturated heterocycles. The largest absolute Gasteiger partial charge is 0.376 e. The highest BCUT2D eigenvalue weighted by molar-refractivity contribution is 7.99. The molecule has 1 fully saturated rings. The van der Waals surface area contributed by atoms with E-state index < -0.39 is 0 Å². The molecule has 0 spiro atoms. The van der Waals surface area contributed by atoms with Gasteiger partial charge >= 0.3 is 0 Å². The molecule has 30 heavy (non-hydrogen) atoms. The highest BCUT2D eigenvalue weighted by atomic mass is 35.5.